The van der Waals surface area contributed by atoms with E-state index in [1.54, 1.807) is 19.2 Å². The lowest BCUT2D eigenvalue weighted by Gasteiger charge is -2.08. The first-order chi connectivity index (χ1) is 9.08. The number of nitrogens with one attached hydrogen (secondary N) is 2. The first-order valence-corrected chi connectivity index (χ1v) is 6.61. The number of hydrogen-bond acceptors (Lipinski definition) is 3. The molecule has 2 N–H and O–H groups in total. The first kappa shape index (κ1) is 13.5. The van der Waals surface area contributed by atoms with Crippen LogP contribution in [0.1, 0.15) is 16.1 Å². The summed E-state index contributed by atoms with van der Waals surface area (Å²) in [4.78, 5) is 16.4. The highest BCUT2D eigenvalue weighted by molar-refractivity contribution is 9.10. The van der Waals surface area contributed by atoms with Crippen LogP contribution in [-0.4, -0.2) is 17.9 Å². The Morgan fingerprint density at radius 3 is 2.74 bits per heavy atom. The molecule has 0 unspecified atom stereocenters. The van der Waals surface area contributed by atoms with E-state index < -0.39 is 0 Å². The highest BCUT2D eigenvalue weighted by Crippen LogP contribution is 2.17. The van der Waals surface area contributed by atoms with Gasteiger partial charge in [0.1, 0.15) is 5.82 Å². The summed E-state index contributed by atoms with van der Waals surface area (Å²) in [5.41, 5.74) is 2.13. The van der Waals surface area contributed by atoms with Gasteiger partial charge in [-0.1, -0.05) is 22.0 Å². The van der Waals surface area contributed by atoms with Crippen LogP contribution in [0.15, 0.2) is 40.9 Å². The Hall–Kier alpha value is -1.88. The molecule has 1 aromatic heterocycles. The molecule has 0 aliphatic rings. The summed E-state index contributed by atoms with van der Waals surface area (Å²) in [6.45, 7) is 1.86. The van der Waals surface area contributed by atoms with Crippen molar-refractivity contribution in [1.29, 1.82) is 0 Å². The van der Waals surface area contributed by atoms with Crippen molar-refractivity contribution in [3.8, 4) is 0 Å². The monoisotopic (exact) mass is 319 g/mol. The number of anilines is 2. The fourth-order valence-electron chi connectivity index (χ4n) is 1.70. The number of carbonyl (C=O) groups is 1. The van der Waals surface area contributed by atoms with Crippen molar-refractivity contribution in [2.45, 2.75) is 6.92 Å². The number of amides is 1. The average Bonchev–Trinajstić information content (AvgIpc) is 2.38. The van der Waals surface area contributed by atoms with Crippen LogP contribution < -0.4 is 10.6 Å². The molecule has 0 fully saturated rings. The molecular formula is C14H14BrN3O. The number of carbonyl (C=O) groups excluding carboxylic acids is 1. The van der Waals surface area contributed by atoms with Crippen molar-refractivity contribution in [2.75, 3.05) is 17.7 Å². The molecule has 2 aromatic rings. The summed E-state index contributed by atoms with van der Waals surface area (Å²) in [7, 11) is 1.78. The van der Waals surface area contributed by atoms with E-state index in [0.717, 1.165) is 15.9 Å². The third-order valence-corrected chi connectivity index (χ3v) is 3.05. The van der Waals surface area contributed by atoms with E-state index in [0.29, 0.717) is 11.4 Å². The maximum Gasteiger partial charge on any atom is 0.255 e. The molecule has 0 radical (unpaired) electrons. The Morgan fingerprint density at radius 2 is 2.05 bits per heavy atom. The molecule has 0 aliphatic carbocycles. The van der Waals surface area contributed by atoms with Crippen LogP contribution in [-0.2, 0) is 0 Å². The minimum absolute atomic E-state index is 0.153. The van der Waals surface area contributed by atoms with Crippen LogP contribution in [0.4, 0.5) is 11.5 Å². The van der Waals surface area contributed by atoms with Gasteiger partial charge in [0.2, 0.25) is 0 Å². The minimum Gasteiger partial charge on any atom is -0.373 e. The van der Waals surface area contributed by atoms with Gasteiger partial charge >= 0.3 is 0 Å². The summed E-state index contributed by atoms with van der Waals surface area (Å²) in [6, 6.07) is 11.0. The number of halogens is 1. The summed E-state index contributed by atoms with van der Waals surface area (Å²) in [5, 5.41) is 5.79. The smallest absolute Gasteiger partial charge is 0.255 e. The standard InChI is InChI=1S/C14H14BrN3O/c1-9-6-10(7-13(16-2)17-9)14(19)18-12-5-3-4-11(15)8-12/h3-8H,1-2H3,(H,16,17)(H,18,19). The second-order valence-electron chi connectivity index (χ2n) is 4.10. The van der Waals surface area contributed by atoms with Crippen molar-refractivity contribution in [3.05, 3.63) is 52.1 Å². The molecule has 0 spiro atoms. The quantitative estimate of drug-likeness (QED) is 0.911. The molecule has 0 saturated carbocycles. The van der Waals surface area contributed by atoms with Crippen molar-refractivity contribution in [2.24, 2.45) is 0 Å². The lowest BCUT2D eigenvalue weighted by molar-refractivity contribution is 0.102. The zero-order valence-electron chi connectivity index (χ0n) is 10.7. The third kappa shape index (κ3) is 3.54. The van der Waals surface area contributed by atoms with E-state index in [9.17, 15) is 4.79 Å². The van der Waals surface area contributed by atoms with Crippen LogP contribution in [0.25, 0.3) is 0 Å². The highest BCUT2D eigenvalue weighted by atomic mass is 79.9. The van der Waals surface area contributed by atoms with E-state index in [-0.39, 0.29) is 5.91 Å². The second kappa shape index (κ2) is 5.84. The highest BCUT2D eigenvalue weighted by Gasteiger charge is 2.08. The lowest BCUT2D eigenvalue weighted by Crippen LogP contribution is -2.13. The minimum atomic E-state index is -0.153. The largest absolute Gasteiger partial charge is 0.373 e. The van der Waals surface area contributed by atoms with Gasteiger partial charge in [0, 0.05) is 28.5 Å². The number of nitrogens with zero attached hydrogens (tertiary/aromatic N) is 1. The fraction of sp³-hybridized carbons (Fsp3) is 0.143. The van der Waals surface area contributed by atoms with Gasteiger partial charge in [-0.15, -0.1) is 0 Å². The molecule has 98 valence electrons. The van der Waals surface area contributed by atoms with E-state index in [1.807, 2.05) is 31.2 Å². The van der Waals surface area contributed by atoms with E-state index >= 15 is 0 Å². The molecule has 0 saturated heterocycles. The zero-order chi connectivity index (χ0) is 13.8. The molecule has 0 atom stereocenters. The Morgan fingerprint density at radius 1 is 1.26 bits per heavy atom. The van der Waals surface area contributed by atoms with Gasteiger partial charge in [-0.3, -0.25) is 4.79 Å². The normalized spacial score (nSPS) is 10.1. The number of hydrogen-bond donors (Lipinski definition) is 2. The summed E-state index contributed by atoms with van der Waals surface area (Å²) >= 11 is 3.37. The predicted octanol–water partition coefficient (Wildman–Crippen LogP) is 3.45. The van der Waals surface area contributed by atoms with Gasteiger partial charge in [-0.2, -0.15) is 0 Å². The molecule has 1 amide bonds. The molecule has 1 aromatic carbocycles. The predicted molar refractivity (Wildman–Crippen MR) is 80.6 cm³/mol. The Labute approximate surface area is 120 Å². The van der Waals surface area contributed by atoms with Crippen molar-refractivity contribution in [3.63, 3.8) is 0 Å². The van der Waals surface area contributed by atoms with Gasteiger partial charge in [0.05, 0.1) is 0 Å². The molecule has 19 heavy (non-hydrogen) atoms. The van der Waals surface area contributed by atoms with Gasteiger partial charge in [-0.05, 0) is 37.3 Å². The number of aromatic nitrogens is 1. The van der Waals surface area contributed by atoms with E-state index in [2.05, 4.69) is 31.5 Å². The van der Waals surface area contributed by atoms with Gasteiger partial charge < -0.3 is 10.6 Å². The van der Waals surface area contributed by atoms with E-state index in [1.165, 1.54) is 0 Å². The zero-order valence-corrected chi connectivity index (χ0v) is 12.3. The molecular weight excluding hydrogens is 306 g/mol. The summed E-state index contributed by atoms with van der Waals surface area (Å²) in [6.07, 6.45) is 0. The molecule has 5 heteroatoms. The molecule has 2 rings (SSSR count). The maximum atomic E-state index is 12.2. The summed E-state index contributed by atoms with van der Waals surface area (Å²) in [5.74, 6) is 0.527. The van der Waals surface area contributed by atoms with Crippen LogP contribution in [0.2, 0.25) is 0 Å². The van der Waals surface area contributed by atoms with Crippen LogP contribution in [0.5, 0.6) is 0 Å². The maximum absolute atomic E-state index is 12.2. The number of pyridine rings is 1. The van der Waals surface area contributed by atoms with Gasteiger partial charge in [-0.25, -0.2) is 4.98 Å². The fourth-order valence-corrected chi connectivity index (χ4v) is 2.10. The van der Waals surface area contributed by atoms with Crippen LogP contribution in [0, 0.1) is 6.92 Å². The Balaban J connectivity index is 2.22. The lowest BCUT2D eigenvalue weighted by atomic mass is 10.2. The molecule has 0 aliphatic heterocycles. The summed E-state index contributed by atoms with van der Waals surface area (Å²) < 4.78 is 0.923. The third-order valence-electron chi connectivity index (χ3n) is 2.55. The van der Waals surface area contributed by atoms with Crippen molar-refractivity contribution >= 4 is 33.3 Å². The second-order valence-corrected chi connectivity index (χ2v) is 5.01. The van der Waals surface area contributed by atoms with Crippen LogP contribution in [0.3, 0.4) is 0 Å². The topological polar surface area (TPSA) is 54.0 Å². The van der Waals surface area contributed by atoms with Gasteiger partial charge in [0.15, 0.2) is 0 Å². The first-order valence-electron chi connectivity index (χ1n) is 5.82. The van der Waals surface area contributed by atoms with Crippen molar-refractivity contribution in [1.82, 2.24) is 4.98 Å². The van der Waals surface area contributed by atoms with E-state index in [4.69, 9.17) is 0 Å². The number of benzene rings is 1. The average molecular weight is 320 g/mol. The van der Waals surface area contributed by atoms with Crippen LogP contribution >= 0.6 is 15.9 Å². The molecule has 1 heterocycles. The van der Waals surface area contributed by atoms with Gasteiger partial charge in [0.25, 0.3) is 5.91 Å². The number of aryl methyl sites for hydroxylation is 1. The number of rotatable bonds is 3. The Bertz CT molecular complexity index is 613. The SMILES string of the molecule is CNc1cc(C(=O)Nc2cccc(Br)c2)cc(C)n1. The van der Waals surface area contributed by atoms with Crippen molar-refractivity contribution < 1.29 is 4.79 Å². The Kier molecular flexibility index (Phi) is 4.16. The molecule has 0 bridgehead atoms. The molecule has 4 nitrogen and oxygen atoms in total.